The molecule has 0 amide bonds. The van der Waals surface area contributed by atoms with Crippen LogP contribution in [0, 0.1) is 5.92 Å². The van der Waals surface area contributed by atoms with Crippen LogP contribution in [-0.2, 0) is 5.41 Å². The van der Waals surface area contributed by atoms with E-state index in [0.717, 1.165) is 12.5 Å². The van der Waals surface area contributed by atoms with Crippen molar-refractivity contribution in [3.63, 3.8) is 0 Å². The van der Waals surface area contributed by atoms with Crippen molar-refractivity contribution in [1.82, 2.24) is 5.32 Å². The van der Waals surface area contributed by atoms with E-state index in [2.05, 4.69) is 64.2 Å². The van der Waals surface area contributed by atoms with Crippen molar-refractivity contribution in [2.75, 3.05) is 6.54 Å². The Balaban J connectivity index is 2.16. The topological polar surface area (TPSA) is 12.0 Å². The van der Waals surface area contributed by atoms with E-state index in [4.69, 9.17) is 0 Å². The van der Waals surface area contributed by atoms with Crippen LogP contribution in [0.4, 0.5) is 0 Å². The van der Waals surface area contributed by atoms with E-state index in [1.165, 1.54) is 24.0 Å². The highest BCUT2D eigenvalue weighted by Gasteiger charge is 2.53. The first-order chi connectivity index (χ1) is 8.99. The van der Waals surface area contributed by atoms with E-state index < -0.39 is 0 Å². The summed E-state index contributed by atoms with van der Waals surface area (Å²) in [4.78, 5) is 0. The van der Waals surface area contributed by atoms with Gasteiger partial charge < -0.3 is 5.32 Å². The summed E-state index contributed by atoms with van der Waals surface area (Å²) in [5.74, 6) is 1.49. The third kappa shape index (κ3) is 3.02. The maximum absolute atomic E-state index is 3.65. The standard InChI is InChI=1S/C18H29N/c1-6-16-11-18(16,12-19-14(4)5)17-9-7-15(8-10-17)13(2)3/h7-10,13-14,16,19H,6,11-12H2,1-5H3. The molecule has 0 aromatic heterocycles. The van der Waals surface area contributed by atoms with Crippen molar-refractivity contribution in [2.24, 2.45) is 5.92 Å². The maximum atomic E-state index is 3.65. The lowest BCUT2D eigenvalue weighted by Crippen LogP contribution is -2.33. The normalized spacial score (nSPS) is 26.2. The number of nitrogens with one attached hydrogen (secondary N) is 1. The summed E-state index contributed by atoms with van der Waals surface area (Å²) >= 11 is 0. The van der Waals surface area contributed by atoms with Crippen molar-refractivity contribution in [3.8, 4) is 0 Å². The van der Waals surface area contributed by atoms with Gasteiger partial charge in [0.2, 0.25) is 0 Å². The van der Waals surface area contributed by atoms with Crippen LogP contribution in [0.3, 0.4) is 0 Å². The summed E-state index contributed by atoms with van der Waals surface area (Å²) in [5, 5.41) is 3.65. The van der Waals surface area contributed by atoms with Gasteiger partial charge in [0.15, 0.2) is 0 Å². The molecular weight excluding hydrogens is 230 g/mol. The summed E-state index contributed by atoms with van der Waals surface area (Å²) in [6, 6.07) is 9.95. The van der Waals surface area contributed by atoms with Crippen LogP contribution in [0.1, 0.15) is 64.5 Å². The molecule has 0 heterocycles. The Kier molecular flexibility index (Phi) is 4.35. The Morgan fingerprint density at radius 2 is 1.79 bits per heavy atom. The molecule has 1 aliphatic carbocycles. The minimum absolute atomic E-state index is 0.411. The summed E-state index contributed by atoms with van der Waals surface area (Å²) in [6.07, 6.45) is 2.65. The molecule has 106 valence electrons. The monoisotopic (exact) mass is 259 g/mol. The highest BCUT2D eigenvalue weighted by atomic mass is 14.9. The summed E-state index contributed by atoms with van der Waals surface area (Å²) in [5.41, 5.74) is 3.40. The van der Waals surface area contributed by atoms with Gasteiger partial charge in [0.25, 0.3) is 0 Å². The first-order valence-corrected chi connectivity index (χ1v) is 7.83. The van der Waals surface area contributed by atoms with E-state index in [9.17, 15) is 0 Å². The second kappa shape index (κ2) is 5.66. The molecule has 1 heteroatoms. The predicted molar refractivity (Wildman–Crippen MR) is 83.7 cm³/mol. The van der Waals surface area contributed by atoms with Gasteiger partial charge in [-0.3, -0.25) is 0 Å². The summed E-state index contributed by atoms with van der Waals surface area (Å²) < 4.78 is 0. The number of rotatable bonds is 6. The molecule has 1 saturated carbocycles. The molecule has 1 aromatic rings. The molecule has 1 nitrogen and oxygen atoms in total. The zero-order valence-electron chi connectivity index (χ0n) is 13.2. The lowest BCUT2D eigenvalue weighted by atomic mass is 9.90. The van der Waals surface area contributed by atoms with Gasteiger partial charge in [0.1, 0.15) is 0 Å². The van der Waals surface area contributed by atoms with Crippen molar-refractivity contribution >= 4 is 0 Å². The molecule has 2 atom stereocenters. The third-order valence-electron chi connectivity index (χ3n) is 4.70. The van der Waals surface area contributed by atoms with Crippen molar-refractivity contribution in [1.29, 1.82) is 0 Å². The van der Waals surface area contributed by atoms with Crippen LogP contribution in [0.5, 0.6) is 0 Å². The largest absolute Gasteiger partial charge is 0.314 e. The Labute approximate surface area is 118 Å². The zero-order chi connectivity index (χ0) is 14.0. The van der Waals surface area contributed by atoms with Crippen molar-refractivity contribution < 1.29 is 0 Å². The highest BCUT2D eigenvalue weighted by Crippen LogP contribution is 2.55. The lowest BCUT2D eigenvalue weighted by Gasteiger charge is -2.21. The second-order valence-electron chi connectivity index (χ2n) is 6.78. The molecule has 0 radical (unpaired) electrons. The molecular formula is C18H29N. The quantitative estimate of drug-likeness (QED) is 0.794. The van der Waals surface area contributed by atoms with Crippen molar-refractivity contribution in [2.45, 2.75) is 64.8 Å². The van der Waals surface area contributed by atoms with Crippen LogP contribution < -0.4 is 5.32 Å². The molecule has 0 aliphatic heterocycles. The second-order valence-corrected chi connectivity index (χ2v) is 6.78. The van der Waals surface area contributed by atoms with Gasteiger partial charge in [-0.1, -0.05) is 65.3 Å². The van der Waals surface area contributed by atoms with Crippen LogP contribution in [0.15, 0.2) is 24.3 Å². The number of hydrogen-bond donors (Lipinski definition) is 1. The minimum Gasteiger partial charge on any atom is -0.314 e. The molecule has 1 aromatic carbocycles. The fourth-order valence-electron chi connectivity index (χ4n) is 3.17. The molecule has 0 spiro atoms. The molecule has 0 bridgehead atoms. The Morgan fingerprint density at radius 3 is 2.21 bits per heavy atom. The fourth-order valence-corrected chi connectivity index (χ4v) is 3.17. The van der Waals surface area contributed by atoms with Crippen LogP contribution in [-0.4, -0.2) is 12.6 Å². The molecule has 2 unspecified atom stereocenters. The maximum Gasteiger partial charge on any atom is 0.0109 e. The number of benzene rings is 1. The van der Waals surface area contributed by atoms with E-state index in [0.29, 0.717) is 17.4 Å². The first kappa shape index (κ1) is 14.6. The number of hydrogen-bond acceptors (Lipinski definition) is 1. The Morgan fingerprint density at radius 1 is 1.16 bits per heavy atom. The molecule has 1 N–H and O–H groups in total. The van der Waals surface area contributed by atoms with Gasteiger partial charge in [-0.05, 0) is 29.4 Å². The average molecular weight is 259 g/mol. The Bertz CT molecular complexity index is 404. The summed E-state index contributed by atoms with van der Waals surface area (Å²) in [6.45, 7) is 12.4. The van der Waals surface area contributed by atoms with Crippen LogP contribution in [0.2, 0.25) is 0 Å². The van der Waals surface area contributed by atoms with Gasteiger partial charge in [-0.15, -0.1) is 0 Å². The Hall–Kier alpha value is -0.820. The predicted octanol–water partition coefficient (Wildman–Crippen LogP) is 4.48. The van der Waals surface area contributed by atoms with E-state index in [1.807, 2.05) is 0 Å². The summed E-state index contributed by atoms with van der Waals surface area (Å²) in [7, 11) is 0. The molecule has 1 aliphatic rings. The van der Waals surface area contributed by atoms with Gasteiger partial charge in [-0.25, -0.2) is 0 Å². The lowest BCUT2D eigenvalue weighted by molar-refractivity contribution is 0.487. The third-order valence-corrected chi connectivity index (χ3v) is 4.70. The first-order valence-electron chi connectivity index (χ1n) is 7.83. The van der Waals surface area contributed by atoms with Gasteiger partial charge in [0, 0.05) is 18.0 Å². The van der Waals surface area contributed by atoms with E-state index >= 15 is 0 Å². The fraction of sp³-hybridized carbons (Fsp3) is 0.667. The highest BCUT2D eigenvalue weighted by molar-refractivity contribution is 5.37. The SMILES string of the molecule is CCC1CC1(CNC(C)C)c1ccc(C(C)C)cc1. The minimum atomic E-state index is 0.411. The van der Waals surface area contributed by atoms with Gasteiger partial charge >= 0.3 is 0 Å². The van der Waals surface area contributed by atoms with Gasteiger partial charge in [0.05, 0.1) is 0 Å². The molecule has 0 saturated heterocycles. The van der Waals surface area contributed by atoms with E-state index in [-0.39, 0.29) is 0 Å². The zero-order valence-corrected chi connectivity index (χ0v) is 13.2. The van der Waals surface area contributed by atoms with Crippen LogP contribution in [0.25, 0.3) is 0 Å². The van der Waals surface area contributed by atoms with Crippen LogP contribution >= 0.6 is 0 Å². The molecule has 1 fully saturated rings. The molecule has 2 rings (SSSR count). The van der Waals surface area contributed by atoms with Crippen molar-refractivity contribution in [3.05, 3.63) is 35.4 Å². The smallest absolute Gasteiger partial charge is 0.0109 e. The average Bonchev–Trinajstić information content (AvgIpc) is 3.11. The molecule has 19 heavy (non-hydrogen) atoms. The van der Waals surface area contributed by atoms with E-state index in [1.54, 1.807) is 0 Å². The van der Waals surface area contributed by atoms with Gasteiger partial charge in [-0.2, -0.15) is 0 Å².